The van der Waals surface area contributed by atoms with Crippen LogP contribution in [-0.4, -0.2) is 10.9 Å². The first-order valence-corrected chi connectivity index (χ1v) is 5.27. The van der Waals surface area contributed by atoms with Gasteiger partial charge in [0.2, 0.25) is 0 Å². The zero-order valence-electron chi connectivity index (χ0n) is 9.08. The van der Waals surface area contributed by atoms with Gasteiger partial charge in [-0.15, -0.1) is 0 Å². The van der Waals surface area contributed by atoms with Gasteiger partial charge in [-0.3, -0.25) is 4.79 Å². The summed E-state index contributed by atoms with van der Waals surface area (Å²) >= 11 is 0. The molecule has 1 heterocycles. The smallest absolute Gasteiger partial charge is 0.151 e. The number of aldehydes is 1. The van der Waals surface area contributed by atoms with Crippen molar-refractivity contribution in [2.24, 2.45) is 5.92 Å². The van der Waals surface area contributed by atoms with Crippen LogP contribution in [0.15, 0.2) is 6.07 Å². The standard InChI is InChI=1S/C12H17NO/c1-8-4-12(5-8)13-9(2)6-11(7-14)10(13)3/h6-8,12H,4-5H2,1-3H3. The predicted molar refractivity (Wildman–Crippen MR) is 56.7 cm³/mol. The van der Waals surface area contributed by atoms with Crippen molar-refractivity contribution in [3.05, 3.63) is 23.0 Å². The molecule has 0 unspecified atom stereocenters. The molecule has 1 aromatic heterocycles. The van der Waals surface area contributed by atoms with Crippen LogP contribution in [0.25, 0.3) is 0 Å². The van der Waals surface area contributed by atoms with Crippen molar-refractivity contribution in [1.82, 2.24) is 4.57 Å². The van der Waals surface area contributed by atoms with Gasteiger partial charge >= 0.3 is 0 Å². The van der Waals surface area contributed by atoms with Crippen LogP contribution in [0.1, 0.15) is 47.6 Å². The molecule has 76 valence electrons. The van der Waals surface area contributed by atoms with Gasteiger partial charge in [0.05, 0.1) is 0 Å². The fourth-order valence-electron chi connectivity index (χ4n) is 2.55. The maximum Gasteiger partial charge on any atom is 0.151 e. The monoisotopic (exact) mass is 191 g/mol. The molecule has 1 aliphatic rings. The summed E-state index contributed by atoms with van der Waals surface area (Å²) in [5.41, 5.74) is 3.21. The van der Waals surface area contributed by atoms with E-state index in [4.69, 9.17) is 0 Å². The summed E-state index contributed by atoms with van der Waals surface area (Å²) in [6, 6.07) is 2.63. The maximum absolute atomic E-state index is 10.8. The van der Waals surface area contributed by atoms with Crippen LogP contribution in [0.3, 0.4) is 0 Å². The molecule has 0 radical (unpaired) electrons. The van der Waals surface area contributed by atoms with Crippen LogP contribution >= 0.6 is 0 Å². The number of aromatic nitrogens is 1. The molecule has 0 bridgehead atoms. The number of hydrogen-bond acceptors (Lipinski definition) is 1. The lowest BCUT2D eigenvalue weighted by molar-refractivity contribution is 0.112. The Hall–Kier alpha value is -1.05. The van der Waals surface area contributed by atoms with E-state index in [1.807, 2.05) is 13.0 Å². The van der Waals surface area contributed by atoms with Crippen molar-refractivity contribution in [2.75, 3.05) is 0 Å². The minimum atomic E-state index is 0.638. The van der Waals surface area contributed by atoms with Crippen LogP contribution < -0.4 is 0 Å². The summed E-state index contributed by atoms with van der Waals surface area (Å²) in [5.74, 6) is 0.848. The van der Waals surface area contributed by atoms with Crippen LogP contribution in [0.4, 0.5) is 0 Å². The maximum atomic E-state index is 10.8. The van der Waals surface area contributed by atoms with Gasteiger partial charge < -0.3 is 4.57 Å². The molecule has 1 fully saturated rings. The highest BCUT2D eigenvalue weighted by Gasteiger charge is 2.28. The third kappa shape index (κ3) is 1.29. The second kappa shape index (κ2) is 3.26. The molecule has 2 nitrogen and oxygen atoms in total. The van der Waals surface area contributed by atoms with E-state index in [0.29, 0.717) is 6.04 Å². The molecule has 1 aliphatic carbocycles. The van der Waals surface area contributed by atoms with E-state index in [1.165, 1.54) is 18.5 Å². The van der Waals surface area contributed by atoms with Crippen molar-refractivity contribution >= 4 is 6.29 Å². The van der Waals surface area contributed by atoms with Crippen LogP contribution in [0.5, 0.6) is 0 Å². The summed E-state index contributed by atoms with van der Waals surface area (Å²) in [7, 11) is 0. The van der Waals surface area contributed by atoms with Gasteiger partial charge in [-0.05, 0) is 38.7 Å². The van der Waals surface area contributed by atoms with Gasteiger partial charge in [0, 0.05) is 23.0 Å². The molecule has 0 saturated heterocycles. The molecule has 0 spiro atoms. The molecule has 14 heavy (non-hydrogen) atoms. The molecular weight excluding hydrogens is 174 g/mol. The van der Waals surface area contributed by atoms with Gasteiger partial charge in [0.15, 0.2) is 6.29 Å². The van der Waals surface area contributed by atoms with Crippen molar-refractivity contribution < 1.29 is 4.79 Å². The van der Waals surface area contributed by atoms with Gasteiger partial charge in [-0.25, -0.2) is 0 Å². The third-order valence-corrected chi connectivity index (χ3v) is 3.36. The number of nitrogens with zero attached hydrogens (tertiary/aromatic N) is 1. The van der Waals surface area contributed by atoms with E-state index < -0.39 is 0 Å². The van der Waals surface area contributed by atoms with Crippen molar-refractivity contribution in [2.45, 2.75) is 39.7 Å². The summed E-state index contributed by atoms with van der Waals surface area (Å²) in [6.45, 7) is 6.41. The number of aryl methyl sites for hydroxylation is 1. The number of carbonyl (C=O) groups excluding carboxylic acids is 1. The molecule has 1 saturated carbocycles. The predicted octanol–water partition coefficient (Wildman–Crippen LogP) is 2.89. The summed E-state index contributed by atoms with van der Waals surface area (Å²) < 4.78 is 2.32. The Morgan fingerprint density at radius 3 is 2.50 bits per heavy atom. The zero-order chi connectivity index (χ0) is 10.3. The first kappa shape index (κ1) is 9.50. The topological polar surface area (TPSA) is 22.0 Å². The number of hydrogen-bond donors (Lipinski definition) is 0. The highest BCUT2D eigenvalue weighted by atomic mass is 16.1. The molecule has 2 rings (SSSR count). The zero-order valence-corrected chi connectivity index (χ0v) is 9.08. The second-order valence-corrected chi connectivity index (χ2v) is 4.54. The first-order valence-electron chi connectivity index (χ1n) is 5.27. The molecule has 0 aliphatic heterocycles. The average molecular weight is 191 g/mol. The first-order chi connectivity index (χ1) is 6.63. The average Bonchev–Trinajstić information content (AvgIpc) is 2.37. The van der Waals surface area contributed by atoms with Crippen LogP contribution in [0.2, 0.25) is 0 Å². The fraction of sp³-hybridized carbons (Fsp3) is 0.583. The summed E-state index contributed by atoms with van der Waals surface area (Å²) in [5, 5.41) is 0. The summed E-state index contributed by atoms with van der Waals surface area (Å²) in [4.78, 5) is 10.8. The lowest BCUT2D eigenvalue weighted by atomic mass is 9.81. The Balaban J connectivity index is 2.33. The van der Waals surface area contributed by atoms with Crippen molar-refractivity contribution in [3.63, 3.8) is 0 Å². The minimum absolute atomic E-state index is 0.638. The quantitative estimate of drug-likeness (QED) is 0.659. The van der Waals surface area contributed by atoms with E-state index in [2.05, 4.69) is 18.4 Å². The highest BCUT2D eigenvalue weighted by Crippen LogP contribution is 2.39. The largest absolute Gasteiger partial charge is 0.345 e. The van der Waals surface area contributed by atoms with Gasteiger partial charge in [0.25, 0.3) is 0 Å². The Labute approximate surface area is 84.9 Å². The number of carbonyl (C=O) groups is 1. The fourth-order valence-corrected chi connectivity index (χ4v) is 2.55. The Kier molecular flexibility index (Phi) is 2.22. The Bertz CT molecular complexity index is 359. The molecule has 0 N–H and O–H groups in total. The molecular formula is C12H17NO. The van der Waals surface area contributed by atoms with E-state index in [-0.39, 0.29) is 0 Å². The lowest BCUT2D eigenvalue weighted by Gasteiger charge is -2.36. The van der Waals surface area contributed by atoms with E-state index in [0.717, 1.165) is 23.5 Å². The van der Waals surface area contributed by atoms with Crippen LogP contribution in [-0.2, 0) is 0 Å². The SMILES string of the molecule is Cc1cc(C=O)c(C)n1C1CC(C)C1. The van der Waals surface area contributed by atoms with E-state index in [1.54, 1.807) is 0 Å². The molecule has 0 atom stereocenters. The number of rotatable bonds is 2. The minimum Gasteiger partial charge on any atom is -0.345 e. The van der Waals surface area contributed by atoms with Crippen molar-refractivity contribution in [3.8, 4) is 0 Å². The molecule has 0 aromatic carbocycles. The van der Waals surface area contributed by atoms with Gasteiger partial charge in [-0.1, -0.05) is 6.92 Å². The van der Waals surface area contributed by atoms with Crippen molar-refractivity contribution in [1.29, 1.82) is 0 Å². The van der Waals surface area contributed by atoms with E-state index >= 15 is 0 Å². The molecule has 1 aromatic rings. The summed E-state index contributed by atoms with van der Waals surface area (Å²) in [6.07, 6.45) is 3.48. The van der Waals surface area contributed by atoms with E-state index in [9.17, 15) is 4.79 Å². The second-order valence-electron chi connectivity index (χ2n) is 4.54. The normalized spacial score (nSPS) is 25.9. The molecule has 2 heteroatoms. The molecule has 0 amide bonds. The Morgan fingerprint density at radius 2 is 2.07 bits per heavy atom. The Morgan fingerprint density at radius 1 is 1.43 bits per heavy atom. The van der Waals surface area contributed by atoms with Gasteiger partial charge in [0.1, 0.15) is 0 Å². The van der Waals surface area contributed by atoms with Crippen LogP contribution in [0, 0.1) is 19.8 Å². The third-order valence-electron chi connectivity index (χ3n) is 3.36. The van der Waals surface area contributed by atoms with Gasteiger partial charge in [-0.2, -0.15) is 0 Å². The highest BCUT2D eigenvalue weighted by molar-refractivity contribution is 5.77. The lowest BCUT2D eigenvalue weighted by Crippen LogP contribution is -2.26.